The molecule has 0 radical (unpaired) electrons. The zero-order valence-corrected chi connectivity index (χ0v) is 11.3. The molecule has 6 nitrogen and oxygen atoms in total. The predicted octanol–water partition coefficient (Wildman–Crippen LogP) is 0.0986. The SMILES string of the molecule is COCCCC(N)C(=O)NCc1cnn(C)c1C. The molecule has 1 rings (SSSR count). The molecule has 0 saturated heterocycles. The van der Waals surface area contributed by atoms with Gasteiger partial charge in [0.2, 0.25) is 5.91 Å². The molecule has 0 aromatic carbocycles. The number of nitrogens with two attached hydrogens (primary N) is 1. The number of aromatic nitrogens is 2. The van der Waals surface area contributed by atoms with Gasteiger partial charge in [-0.3, -0.25) is 9.48 Å². The number of carbonyl (C=O) groups is 1. The quantitative estimate of drug-likeness (QED) is 0.676. The molecule has 6 heteroatoms. The third-order valence-electron chi connectivity index (χ3n) is 2.99. The molecule has 18 heavy (non-hydrogen) atoms. The monoisotopic (exact) mass is 254 g/mol. The van der Waals surface area contributed by atoms with Crippen LogP contribution in [-0.2, 0) is 23.1 Å². The highest BCUT2D eigenvalue weighted by Gasteiger charge is 2.13. The fraction of sp³-hybridized carbons (Fsp3) is 0.667. The van der Waals surface area contributed by atoms with E-state index in [1.165, 1.54) is 0 Å². The van der Waals surface area contributed by atoms with Crippen molar-refractivity contribution in [1.82, 2.24) is 15.1 Å². The molecular formula is C12H22N4O2. The normalized spacial score (nSPS) is 12.4. The van der Waals surface area contributed by atoms with E-state index < -0.39 is 6.04 Å². The predicted molar refractivity (Wildman–Crippen MR) is 68.9 cm³/mol. The molecule has 0 saturated carbocycles. The Balaban J connectivity index is 2.34. The van der Waals surface area contributed by atoms with Crippen LogP contribution < -0.4 is 11.1 Å². The van der Waals surface area contributed by atoms with E-state index in [-0.39, 0.29) is 5.91 Å². The number of amides is 1. The average molecular weight is 254 g/mol. The molecule has 1 atom stereocenters. The van der Waals surface area contributed by atoms with Gasteiger partial charge in [0.1, 0.15) is 0 Å². The maximum Gasteiger partial charge on any atom is 0.237 e. The van der Waals surface area contributed by atoms with Crippen molar-refractivity contribution in [3.8, 4) is 0 Å². The summed E-state index contributed by atoms with van der Waals surface area (Å²) in [5, 5.41) is 6.94. The Labute approximate surface area is 107 Å². The molecular weight excluding hydrogens is 232 g/mol. The first-order valence-corrected chi connectivity index (χ1v) is 6.06. The number of nitrogens with zero attached hydrogens (tertiary/aromatic N) is 2. The van der Waals surface area contributed by atoms with Crippen LogP contribution >= 0.6 is 0 Å². The van der Waals surface area contributed by atoms with Gasteiger partial charge in [0, 0.05) is 38.6 Å². The first-order valence-electron chi connectivity index (χ1n) is 6.06. The fourth-order valence-corrected chi connectivity index (χ4v) is 1.61. The number of nitrogens with one attached hydrogen (secondary N) is 1. The molecule has 1 aromatic rings. The second kappa shape index (κ2) is 7.13. The molecule has 1 heterocycles. The Morgan fingerprint density at radius 2 is 2.39 bits per heavy atom. The molecule has 0 spiro atoms. The third kappa shape index (κ3) is 4.12. The minimum absolute atomic E-state index is 0.130. The highest BCUT2D eigenvalue weighted by Crippen LogP contribution is 2.05. The summed E-state index contributed by atoms with van der Waals surface area (Å²) >= 11 is 0. The molecule has 1 amide bonds. The van der Waals surface area contributed by atoms with Gasteiger partial charge in [0.05, 0.1) is 12.2 Å². The zero-order chi connectivity index (χ0) is 13.5. The Hall–Kier alpha value is -1.40. The van der Waals surface area contributed by atoms with Crippen LogP contribution in [0.15, 0.2) is 6.20 Å². The first-order chi connectivity index (χ1) is 8.56. The molecule has 1 unspecified atom stereocenters. The van der Waals surface area contributed by atoms with Crippen LogP contribution in [-0.4, -0.2) is 35.4 Å². The molecule has 1 aromatic heterocycles. The Bertz CT molecular complexity index is 389. The van der Waals surface area contributed by atoms with Crippen molar-refractivity contribution in [3.63, 3.8) is 0 Å². The molecule has 0 aliphatic carbocycles. The Morgan fingerprint density at radius 1 is 1.67 bits per heavy atom. The van der Waals surface area contributed by atoms with Crippen LogP contribution in [0.2, 0.25) is 0 Å². The topological polar surface area (TPSA) is 82.2 Å². The van der Waals surface area contributed by atoms with Crippen molar-refractivity contribution >= 4 is 5.91 Å². The van der Waals surface area contributed by atoms with Gasteiger partial charge >= 0.3 is 0 Å². The van der Waals surface area contributed by atoms with Gasteiger partial charge in [-0.15, -0.1) is 0 Å². The molecule has 102 valence electrons. The van der Waals surface area contributed by atoms with E-state index in [9.17, 15) is 4.79 Å². The smallest absolute Gasteiger partial charge is 0.237 e. The number of carbonyl (C=O) groups excluding carboxylic acids is 1. The summed E-state index contributed by atoms with van der Waals surface area (Å²) in [7, 11) is 3.51. The maximum absolute atomic E-state index is 11.7. The zero-order valence-electron chi connectivity index (χ0n) is 11.3. The van der Waals surface area contributed by atoms with Gasteiger partial charge < -0.3 is 15.8 Å². The Morgan fingerprint density at radius 3 is 2.94 bits per heavy atom. The number of methoxy groups -OCH3 is 1. The van der Waals surface area contributed by atoms with E-state index in [2.05, 4.69) is 10.4 Å². The number of hydrogen-bond donors (Lipinski definition) is 2. The standard InChI is InChI=1S/C12H22N4O2/c1-9-10(8-15-16(9)2)7-14-12(17)11(13)5-4-6-18-3/h8,11H,4-7,13H2,1-3H3,(H,14,17). The summed E-state index contributed by atoms with van der Waals surface area (Å²) in [5.41, 5.74) is 7.83. The van der Waals surface area contributed by atoms with E-state index in [1.807, 2.05) is 14.0 Å². The second-order valence-electron chi connectivity index (χ2n) is 4.34. The van der Waals surface area contributed by atoms with Crippen LogP contribution in [0.4, 0.5) is 0 Å². The Kier molecular flexibility index (Phi) is 5.80. The minimum atomic E-state index is -0.475. The lowest BCUT2D eigenvalue weighted by Gasteiger charge is -2.11. The summed E-state index contributed by atoms with van der Waals surface area (Å²) < 4.78 is 6.70. The van der Waals surface area contributed by atoms with E-state index in [1.54, 1.807) is 18.0 Å². The van der Waals surface area contributed by atoms with Gasteiger partial charge in [-0.1, -0.05) is 0 Å². The van der Waals surface area contributed by atoms with E-state index in [0.717, 1.165) is 17.7 Å². The summed E-state index contributed by atoms with van der Waals surface area (Å²) in [6.45, 7) is 3.06. The number of hydrogen-bond acceptors (Lipinski definition) is 4. The molecule has 0 aliphatic heterocycles. The summed E-state index contributed by atoms with van der Waals surface area (Å²) in [4.78, 5) is 11.7. The van der Waals surface area contributed by atoms with E-state index in [0.29, 0.717) is 19.6 Å². The van der Waals surface area contributed by atoms with Crippen molar-refractivity contribution in [2.24, 2.45) is 12.8 Å². The average Bonchev–Trinajstić information content (AvgIpc) is 2.67. The van der Waals surface area contributed by atoms with E-state index >= 15 is 0 Å². The third-order valence-corrected chi connectivity index (χ3v) is 2.99. The van der Waals surface area contributed by atoms with Crippen LogP contribution in [0.1, 0.15) is 24.1 Å². The molecule has 3 N–H and O–H groups in total. The second-order valence-corrected chi connectivity index (χ2v) is 4.34. The lowest BCUT2D eigenvalue weighted by Crippen LogP contribution is -2.40. The summed E-state index contributed by atoms with van der Waals surface area (Å²) in [5.74, 6) is -0.130. The van der Waals surface area contributed by atoms with Gasteiger partial charge in [-0.05, 0) is 19.8 Å². The number of rotatable bonds is 7. The molecule has 0 aliphatic rings. The summed E-state index contributed by atoms with van der Waals surface area (Å²) in [6.07, 6.45) is 3.18. The van der Waals surface area contributed by atoms with Gasteiger partial charge in [0.15, 0.2) is 0 Å². The first kappa shape index (κ1) is 14.7. The van der Waals surface area contributed by atoms with Gasteiger partial charge in [-0.25, -0.2) is 0 Å². The molecule has 0 fully saturated rings. The fourth-order valence-electron chi connectivity index (χ4n) is 1.61. The largest absolute Gasteiger partial charge is 0.385 e. The highest BCUT2D eigenvalue weighted by atomic mass is 16.5. The van der Waals surface area contributed by atoms with Gasteiger partial charge in [-0.2, -0.15) is 5.10 Å². The van der Waals surface area contributed by atoms with Crippen LogP contribution in [0, 0.1) is 6.92 Å². The number of ether oxygens (including phenoxy) is 1. The number of aryl methyl sites for hydroxylation is 1. The highest BCUT2D eigenvalue weighted by molar-refractivity contribution is 5.81. The molecule has 0 bridgehead atoms. The summed E-state index contributed by atoms with van der Waals surface area (Å²) in [6, 6.07) is -0.475. The van der Waals surface area contributed by atoms with E-state index in [4.69, 9.17) is 10.5 Å². The van der Waals surface area contributed by atoms with Crippen LogP contribution in [0.3, 0.4) is 0 Å². The maximum atomic E-state index is 11.7. The minimum Gasteiger partial charge on any atom is -0.385 e. The van der Waals surface area contributed by atoms with Crippen molar-refractivity contribution < 1.29 is 9.53 Å². The van der Waals surface area contributed by atoms with Crippen molar-refractivity contribution in [2.45, 2.75) is 32.4 Å². The van der Waals surface area contributed by atoms with Crippen molar-refractivity contribution in [1.29, 1.82) is 0 Å². The van der Waals surface area contributed by atoms with Crippen LogP contribution in [0.25, 0.3) is 0 Å². The lowest BCUT2D eigenvalue weighted by atomic mass is 10.1. The lowest BCUT2D eigenvalue weighted by molar-refractivity contribution is -0.122. The van der Waals surface area contributed by atoms with Crippen molar-refractivity contribution in [2.75, 3.05) is 13.7 Å². The van der Waals surface area contributed by atoms with Crippen molar-refractivity contribution in [3.05, 3.63) is 17.5 Å². The van der Waals surface area contributed by atoms with Crippen LogP contribution in [0.5, 0.6) is 0 Å². The van der Waals surface area contributed by atoms with Gasteiger partial charge in [0.25, 0.3) is 0 Å².